The lowest BCUT2D eigenvalue weighted by Gasteiger charge is -2.15. The Morgan fingerprint density at radius 2 is 2.00 bits per heavy atom. The van der Waals surface area contributed by atoms with Gasteiger partial charge in [0.05, 0.1) is 24.2 Å². The minimum absolute atomic E-state index is 0.0577. The van der Waals surface area contributed by atoms with Gasteiger partial charge in [-0.1, -0.05) is 12.1 Å². The minimum Gasteiger partial charge on any atom is -0.497 e. The van der Waals surface area contributed by atoms with E-state index in [2.05, 4.69) is 15.4 Å². The second-order valence-electron chi connectivity index (χ2n) is 7.72. The Morgan fingerprint density at radius 1 is 1.30 bits per heavy atom. The first-order valence-corrected chi connectivity index (χ1v) is 9.96. The predicted octanol–water partition coefficient (Wildman–Crippen LogP) is 4.44. The summed E-state index contributed by atoms with van der Waals surface area (Å²) < 4.78 is 33.9. The van der Waals surface area contributed by atoms with Gasteiger partial charge in [-0.3, -0.25) is 4.79 Å². The summed E-state index contributed by atoms with van der Waals surface area (Å²) in [6, 6.07) is 8.70. The zero-order chi connectivity index (χ0) is 21.4. The van der Waals surface area contributed by atoms with E-state index in [1.54, 1.807) is 14.0 Å². The van der Waals surface area contributed by atoms with E-state index in [4.69, 9.17) is 4.74 Å². The number of amides is 1. The van der Waals surface area contributed by atoms with Crippen LogP contribution in [-0.2, 0) is 11.3 Å². The predicted molar refractivity (Wildman–Crippen MR) is 109 cm³/mol. The molecule has 1 fully saturated rings. The fourth-order valence-corrected chi connectivity index (χ4v) is 3.68. The Kier molecular flexibility index (Phi) is 5.40. The maximum Gasteiger partial charge on any atom is 0.264 e. The molecule has 1 N–H and O–H groups in total. The number of aromatic nitrogens is 3. The maximum absolute atomic E-state index is 13.7. The third kappa shape index (κ3) is 3.99. The number of hydrogen-bond acceptors (Lipinski definition) is 4. The first-order valence-electron chi connectivity index (χ1n) is 9.96. The molecule has 1 saturated carbocycles. The van der Waals surface area contributed by atoms with Crippen molar-refractivity contribution in [3.63, 3.8) is 0 Å². The Bertz CT molecular complexity index is 1070. The fraction of sp³-hybridized carbons (Fsp3) is 0.409. The molecule has 4 rings (SSSR count). The number of methoxy groups -OCH3 is 1. The maximum atomic E-state index is 13.7. The van der Waals surface area contributed by atoms with Crippen LogP contribution >= 0.6 is 0 Å². The number of pyridine rings is 1. The highest BCUT2D eigenvalue weighted by Crippen LogP contribution is 2.41. The first kappa shape index (κ1) is 20.3. The number of alkyl halides is 2. The molecule has 0 radical (unpaired) electrons. The van der Waals surface area contributed by atoms with E-state index in [1.165, 1.54) is 10.7 Å². The SMILES string of the molecule is COc1ccc(C(C)NC(=O)Cn2nc(C)c3c(C(F)F)cc(C4CC4)nc32)cc1. The summed E-state index contributed by atoms with van der Waals surface area (Å²) in [5.74, 6) is 0.697. The quantitative estimate of drug-likeness (QED) is 0.621. The highest BCUT2D eigenvalue weighted by Gasteiger charge is 2.29. The molecule has 0 saturated heterocycles. The lowest BCUT2D eigenvalue weighted by Crippen LogP contribution is -2.30. The molecule has 2 aromatic heterocycles. The summed E-state index contributed by atoms with van der Waals surface area (Å²) in [4.78, 5) is 17.2. The Balaban J connectivity index is 1.57. The summed E-state index contributed by atoms with van der Waals surface area (Å²) in [6.45, 7) is 3.46. The van der Waals surface area contributed by atoms with Gasteiger partial charge in [0.1, 0.15) is 12.3 Å². The number of rotatable bonds is 7. The van der Waals surface area contributed by atoms with Crippen LogP contribution in [0.2, 0.25) is 0 Å². The van der Waals surface area contributed by atoms with E-state index in [0.29, 0.717) is 22.4 Å². The summed E-state index contributed by atoms with van der Waals surface area (Å²) in [7, 11) is 1.60. The summed E-state index contributed by atoms with van der Waals surface area (Å²) in [5, 5.41) is 7.60. The van der Waals surface area contributed by atoms with Gasteiger partial charge >= 0.3 is 0 Å². The average Bonchev–Trinajstić information content (AvgIpc) is 3.53. The zero-order valence-electron chi connectivity index (χ0n) is 17.2. The van der Waals surface area contributed by atoms with Crippen LogP contribution in [0.25, 0.3) is 11.0 Å². The minimum atomic E-state index is -2.62. The highest BCUT2D eigenvalue weighted by molar-refractivity contribution is 5.85. The van der Waals surface area contributed by atoms with Crippen molar-refractivity contribution in [2.24, 2.45) is 0 Å². The number of benzene rings is 1. The summed E-state index contributed by atoms with van der Waals surface area (Å²) in [5.41, 5.74) is 2.33. The number of aryl methyl sites for hydroxylation is 1. The van der Waals surface area contributed by atoms with Gasteiger partial charge in [-0.05, 0) is 50.5 Å². The van der Waals surface area contributed by atoms with Crippen LogP contribution in [0.15, 0.2) is 30.3 Å². The van der Waals surface area contributed by atoms with Crippen molar-refractivity contribution in [3.8, 4) is 5.75 Å². The summed E-state index contributed by atoms with van der Waals surface area (Å²) in [6.07, 6.45) is -0.712. The zero-order valence-corrected chi connectivity index (χ0v) is 17.2. The lowest BCUT2D eigenvalue weighted by atomic mass is 10.1. The van der Waals surface area contributed by atoms with Crippen LogP contribution in [0.5, 0.6) is 5.75 Å². The second-order valence-corrected chi connectivity index (χ2v) is 7.72. The number of fused-ring (bicyclic) bond motifs is 1. The van der Waals surface area contributed by atoms with Crippen LogP contribution < -0.4 is 10.1 Å². The average molecular weight is 414 g/mol. The van der Waals surface area contributed by atoms with Crippen molar-refractivity contribution < 1.29 is 18.3 Å². The Morgan fingerprint density at radius 3 is 2.60 bits per heavy atom. The standard InChI is InChI=1S/C22H24F2N4O2/c1-12(14-6-8-16(30-3)9-7-14)25-19(29)11-28-22-20(13(2)27-28)17(21(23)24)10-18(26-22)15-4-5-15/h6-10,12,15,21H,4-5,11H2,1-3H3,(H,25,29). The molecule has 1 aliphatic rings. The van der Waals surface area contributed by atoms with Crippen molar-refractivity contribution in [1.29, 1.82) is 0 Å². The Labute approximate surface area is 173 Å². The number of carbonyl (C=O) groups is 1. The van der Waals surface area contributed by atoms with Crippen LogP contribution in [0.4, 0.5) is 8.78 Å². The first-order chi connectivity index (χ1) is 14.4. The molecule has 1 aromatic carbocycles. The number of hydrogen-bond donors (Lipinski definition) is 1. The highest BCUT2D eigenvalue weighted by atomic mass is 19.3. The van der Waals surface area contributed by atoms with Gasteiger partial charge in [0.2, 0.25) is 5.91 Å². The molecule has 0 bridgehead atoms. The van der Waals surface area contributed by atoms with Crippen LogP contribution in [0, 0.1) is 6.92 Å². The number of nitrogens with one attached hydrogen (secondary N) is 1. The van der Waals surface area contributed by atoms with Crippen LogP contribution in [-0.4, -0.2) is 27.8 Å². The van der Waals surface area contributed by atoms with E-state index in [0.717, 1.165) is 24.2 Å². The molecule has 1 atom stereocenters. The monoisotopic (exact) mass is 414 g/mol. The van der Waals surface area contributed by atoms with E-state index in [9.17, 15) is 13.6 Å². The molecule has 8 heteroatoms. The van der Waals surface area contributed by atoms with Crippen molar-refractivity contribution in [2.45, 2.75) is 51.6 Å². The van der Waals surface area contributed by atoms with Crippen LogP contribution in [0.1, 0.15) is 60.7 Å². The molecule has 0 spiro atoms. The van der Waals surface area contributed by atoms with E-state index < -0.39 is 6.43 Å². The van der Waals surface area contributed by atoms with Gasteiger partial charge in [0.15, 0.2) is 5.65 Å². The van der Waals surface area contributed by atoms with Crippen LogP contribution in [0.3, 0.4) is 0 Å². The number of halogens is 2. The van der Waals surface area contributed by atoms with E-state index in [-0.39, 0.29) is 30.0 Å². The Hall–Kier alpha value is -3.03. The number of carbonyl (C=O) groups excluding carboxylic acids is 1. The molecule has 3 aromatic rings. The molecule has 1 unspecified atom stereocenters. The molecule has 158 valence electrons. The van der Waals surface area contributed by atoms with Gasteiger partial charge in [-0.2, -0.15) is 5.10 Å². The fourth-order valence-electron chi connectivity index (χ4n) is 3.68. The molecular weight excluding hydrogens is 390 g/mol. The number of ether oxygens (including phenoxy) is 1. The topological polar surface area (TPSA) is 69.0 Å². The van der Waals surface area contributed by atoms with Gasteiger partial charge < -0.3 is 10.1 Å². The van der Waals surface area contributed by atoms with E-state index >= 15 is 0 Å². The van der Waals surface area contributed by atoms with Gasteiger partial charge in [0.25, 0.3) is 6.43 Å². The van der Waals surface area contributed by atoms with Crippen molar-refractivity contribution in [1.82, 2.24) is 20.1 Å². The van der Waals surface area contributed by atoms with Gasteiger partial charge in [-0.15, -0.1) is 0 Å². The third-order valence-electron chi connectivity index (χ3n) is 5.45. The molecule has 6 nitrogen and oxygen atoms in total. The molecule has 0 aliphatic heterocycles. The summed E-state index contributed by atoms with van der Waals surface area (Å²) >= 11 is 0. The smallest absolute Gasteiger partial charge is 0.264 e. The normalized spacial score (nSPS) is 14.9. The van der Waals surface area contributed by atoms with E-state index in [1.807, 2.05) is 31.2 Å². The largest absolute Gasteiger partial charge is 0.497 e. The van der Waals surface area contributed by atoms with Gasteiger partial charge in [0, 0.05) is 17.2 Å². The molecular formula is C22H24F2N4O2. The van der Waals surface area contributed by atoms with Crippen molar-refractivity contribution in [2.75, 3.05) is 7.11 Å². The lowest BCUT2D eigenvalue weighted by molar-refractivity contribution is -0.122. The molecule has 1 aliphatic carbocycles. The van der Waals surface area contributed by atoms with Crippen molar-refractivity contribution in [3.05, 3.63) is 52.8 Å². The molecule has 2 heterocycles. The van der Waals surface area contributed by atoms with Gasteiger partial charge in [-0.25, -0.2) is 18.4 Å². The molecule has 1 amide bonds. The number of nitrogens with zero attached hydrogens (tertiary/aromatic N) is 3. The second kappa shape index (κ2) is 8.01. The third-order valence-corrected chi connectivity index (χ3v) is 5.45. The molecule has 30 heavy (non-hydrogen) atoms. The van der Waals surface area contributed by atoms with Crippen molar-refractivity contribution >= 4 is 16.9 Å².